The van der Waals surface area contributed by atoms with E-state index in [1.165, 1.54) is 0 Å². The third kappa shape index (κ3) is 44.0. The summed E-state index contributed by atoms with van der Waals surface area (Å²) in [4.78, 5) is 35.4. The highest BCUT2D eigenvalue weighted by Crippen LogP contribution is 2.43. The van der Waals surface area contributed by atoms with E-state index in [-0.39, 0.29) is 26.1 Å². The van der Waals surface area contributed by atoms with Crippen LogP contribution in [0.5, 0.6) is 0 Å². The summed E-state index contributed by atoms with van der Waals surface area (Å²) < 4.78 is 34.2. The van der Waals surface area contributed by atoms with Crippen molar-refractivity contribution in [3.8, 4) is 0 Å². The highest BCUT2D eigenvalue weighted by Gasteiger charge is 2.27. The molecule has 0 saturated carbocycles. The van der Waals surface area contributed by atoms with E-state index < -0.39 is 32.5 Å². The molecule has 0 spiro atoms. The molecule has 1 N–H and O–H groups in total. The van der Waals surface area contributed by atoms with Gasteiger partial charge in [-0.3, -0.25) is 18.6 Å². The summed E-state index contributed by atoms with van der Waals surface area (Å²) in [5.41, 5.74) is 0. The second-order valence-corrected chi connectivity index (χ2v) is 16.8. The van der Waals surface area contributed by atoms with Gasteiger partial charge in [0.05, 0.1) is 27.7 Å². The standard InChI is InChI=1S/C50H80NO8P/c1-6-8-10-12-14-16-18-20-22-24-25-27-28-30-32-34-36-38-40-42-49(52)56-46-48(47-58-60(54,55)57-45-44-51(3,4)5)59-50(53)43-41-39-37-35-33-31-29-26-23-21-19-17-15-13-11-9-7-2/h8-11,14-17,20-23,25,27,29-32,35,37,48H,6-7,12-13,18-19,24,26,28,33-34,36,38-47H2,1-5H3/p+1/b10-8-,11-9-,16-14-,17-15-,22-20-,23-21-,27-25-,31-29-,32-30-,37-35-/t48-/m1/s1. The molecule has 9 nitrogen and oxygen atoms in total. The Hall–Kier alpha value is -3.59. The van der Waals surface area contributed by atoms with Crippen LogP contribution in [0.2, 0.25) is 0 Å². The number of ether oxygens (including phenoxy) is 2. The molecule has 0 saturated heterocycles. The summed E-state index contributed by atoms with van der Waals surface area (Å²) in [7, 11) is 1.40. The van der Waals surface area contributed by atoms with Crippen LogP contribution in [-0.2, 0) is 32.7 Å². The van der Waals surface area contributed by atoms with Crippen LogP contribution in [0.4, 0.5) is 0 Å². The minimum Gasteiger partial charge on any atom is -0.462 e. The average Bonchev–Trinajstić information content (AvgIpc) is 3.20. The molecular weight excluding hydrogens is 774 g/mol. The lowest BCUT2D eigenvalue weighted by atomic mass is 10.1. The fraction of sp³-hybridized carbons (Fsp3) is 0.560. The molecule has 0 aliphatic carbocycles. The maximum atomic E-state index is 12.7. The number of phosphoric ester groups is 1. The van der Waals surface area contributed by atoms with Crippen LogP contribution in [0.15, 0.2) is 122 Å². The number of hydrogen-bond acceptors (Lipinski definition) is 7. The molecule has 60 heavy (non-hydrogen) atoms. The van der Waals surface area contributed by atoms with Crippen LogP contribution in [0.3, 0.4) is 0 Å². The van der Waals surface area contributed by atoms with E-state index in [0.29, 0.717) is 30.3 Å². The summed E-state index contributed by atoms with van der Waals surface area (Å²) in [6, 6.07) is 0. The smallest absolute Gasteiger partial charge is 0.462 e. The Kier molecular flexibility index (Phi) is 38.4. The van der Waals surface area contributed by atoms with E-state index in [2.05, 4.69) is 129 Å². The molecule has 0 aromatic rings. The molecule has 0 aromatic carbocycles. The highest BCUT2D eigenvalue weighted by molar-refractivity contribution is 7.47. The Morgan fingerprint density at radius 2 is 0.917 bits per heavy atom. The fourth-order valence-electron chi connectivity index (χ4n) is 5.07. The Morgan fingerprint density at radius 1 is 0.517 bits per heavy atom. The number of hydrogen-bond donors (Lipinski definition) is 1. The van der Waals surface area contributed by atoms with Crippen molar-refractivity contribution in [3.05, 3.63) is 122 Å². The molecular formula is C50H81NO8P+. The van der Waals surface area contributed by atoms with E-state index in [9.17, 15) is 19.0 Å². The summed E-state index contributed by atoms with van der Waals surface area (Å²) in [5.74, 6) is -0.920. The van der Waals surface area contributed by atoms with E-state index in [0.717, 1.165) is 83.5 Å². The van der Waals surface area contributed by atoms with Crippen molar-refractivity contribution in [1.82, 2.24) is 0 Å². The number of unbranched alkanes of at least 4 members (excludes halogenated alkanes) is 4. The molecule has 0 rings (SSSR count). The van der Waals surface area contributed by atoms with Gasteiger partial charge in [-0.05, 0) is 96.3 Å². The molecule has 0 aliphatic heterocycles. The first-order valence-corrected chi connectivity index (χ1v) is 23.8. The first-order chi connectivity index (χ1) is 29.0. The zero-order chi connectivity index (χ0) is 44.3. The van der Waals surface area contributed by atoms with Crippen molar-refractivity contribution in [3.63, 3.8) is 0 Å². The molecule has 0 aliphatic rings. The average molecular weight is 855 g/mol. The number of rotatable bonds is 38. The zero-order valence-electron chi connectivity index (χ0n) is 37.9. The van der Waals surface area contributed by atoms with Gasteiger partial charge in [0.1, 0.15) is 19.8 Å². The number of nitrogens with zero attached hydrogens (tertiary/aromatic N) is 1. The lowest BCUT2D eigenvalue weighted by molar-refractivity contribution is -0.870. The first kappa shape index (κ1) is 56.4. The van der Waals surface area contributed by atoms with Gasteiger partial charge >= 0.3 is 19.8 Å². The maximum Gasteiger partial charge on any atom is 0.472 e. The largest absolute Gasteiger partial charge is 0.472 e. The second-order valence-electron chi connectivity index (χ2n) is 15.3. The SMILES string of the molecule is CC/C=C\C/C=C\C/C=C\C/C=C\C/C=C\CCCCCC(=O)OC[C@H](COP(=O)(O)OCC[N+](C)(C)C)OC(=O)CCC/C=C\C/C=C\C/C=C\C/C=C\C/C=C\CC. The predicted octanol–water partition coefficient (Wildman–Crippen LogP) is 12.9. The van der Waals surface area contributed by atoms with Crippen LogP contribution >= 0.6 is 7.82 Å². The minimum absolute atomic E-state index is 0.00754. The van der Waals surface area contributed by atoms with Gasteiger partial charge < -0.3 is 18.9 Å². The molecule has 0 radical (unpaired) electrons. The zero-order valence-corrected chi connectivity index (χ0v) is 38.8. The van der Waals surface area contributed by atoms with Gasteiger partial charge in [0.2, 0.25) is 0 Å². The molecule has 0 fully saturated rings. The van der Waals surface area contributed by atoms with Crippen molar-refractivity contribution < 1.29 is 42.1 Å². The number of esters is 2. The molecule has 10 heteroatoms. The Labute approximate surface area is 365 Å². The van der Waals surface area contributed by atoms with Crippen LogP contribution in [0.1, 0.15) is 129 Å². The Balaban J connectivity index is 4.54. The monoisotopic (exact) mass is 855 g/mol. The summed E-state index contributed by atoms with van der Waals surface area (Å²) in [6.45, 7) is 4.05. The third-order valence-corrected chi connectivity index (χ3v) is 9.47. The van der Waals surface area contributed by atoms with Crippen molar-refractivity contribution in [2.45, 2.75) is 136 Å². The normalized spacial score (nSPS) is 14.7. The quantitative estimate of drug-likeness (QED) is 0.0215. The number of phosphoric acid groups is 1. The van der Waals surface area contributed by atoms with Gasteiger partial charge in [0.15, 0.2) is 6.10 Å². The summed E-state index contributed by atoms with van der Waals surface area (Å²) in [5, 5.41) is 0. The summed E-state index contributed by atoms with van der Waals surface area (Å²) in [6.07, 6.45) is 56.9. The van der Waals surface area contributed by atoms with Crippen LogP contribution < -0.4 is 0 Å². The maximum absolute atomic E-state index is 12.7. The van der Waals surface area contributed by atoms with Crippen LogP contribution in [-0.4, -0.2) is 74.9 Å². The first-order valence-electron chi connectivity index (χ1n) is 22.3. The number of quaternary nitrogens is 1. The lowest BCUT2D eigenvalue weighted by Gasteiger charge is -2.24. The molecule has 0 bridgehead atoms. The van der Waals surface area contributed by atoms with E-state index >= 15 is 0 Å². The number of carbonyl (C=O) groups is 2. The van der Waals surface area contributed by atoms with Gasteiger partial charge in [-0.1, -0.05) is 142 Å². The van der Waals surface area contributed by atoms with Crippen LogP contribution in [0, 0.1) is 0 Å². The summed E-state index contributed by atoms with van der Waals surface area (Å²) >= 11 is 0. The fourth-order valence-corrected chi connectivity index (χ4v) is 5.81. The van der Waals surface area contributed by atoms with Crippen LogP contribution in [0.25, 0.3) is 0 Å². The van der Waals surface area contributed by atoms with Crippen molar-refractivity contribution in [1.29, 1.82) is 0 Å². The molecule has 1 unspecified atom stereocenters. The lowest BCUT2D eigenvalue weighted by Crippen LogP contribution is -2.37. The van der Waals surface area contributed by atoms with Crippen molar-refractivity contribution >= 4 is 19.8 Å². The predicted molar refractivity (Wildman–Crippen MR) is 251 cm³/mol. The molecule has 2 atom stereocenters. The molecule has 0 heterocycles. The Morgan fingerprint density at radius 3 is 1.35 bits per heavy atom. The van der Waals surface area contributed by atoms with E-state index in [1.807, 2.05) is 27.2 Å². The number of likely N-dealkylation sites (N-methyl/N-ethyl adjacent to an activating group) is 1. The second kappa shape index (κ2) is 40.8. The van der Waals surface area contributed by atoms with E-state index in [4.69, 9.17) is 18.5 Å². The van der Waals surface area contributed by atoms with Gasteiger partial charge in [-0.25, -0.2) is 4.57 Å². The topological polar surface area (TPSA) is 108 Å². The van der Waals surface area contributed by atoms with Crippen molar-refractivity contribution in [2.75, 3.05) is 47.5 Å². The molecule has 0 amide bonds. The van der Waals surface area contributed by atoms with Gasteiger partial charge in [-0.2, -0.15) is 0 Å². The highest BCUT2D eigenvalue weighted by atomic mass is 31.2. The minimum atomic E-state index is -4.41. The number of allylic oxidation sites excluding steroid dienone is 20. The van der Waals surface area contributed by atoms with Gasteiger partial charge in [-0.15, -0.1) is 0 Å². The number of carbonyl (C=O) groups excluding carboxylic acids is 2. The van der Waals surface area contributed by atoms with Gasteiger partial charge in [0.25, 0.3) is 0 Å². The van der Waals surface area contributed by atoms with E-state index in [1.54, 1.807) is 0 Å². The van der Waals surface area contributed by atoms with Gasteiger partial charge in [0, 0.05) is 12.8 Å². The Bertz CT molecular complexity index is 1430. The molecule has 338 valence electrons. The molecule has 0 aromatic heterocycles. The third-order valence-electron chi connectivity index (χ3n) is 8.49. The van der Waals surface area contributed by atoms with Crippen molar-refractivity contribution in [2.24, 2.45) is 0 Å².